The van der Waals surface area contributed by atoms with Crippen molar-refractivity contribution in [1.29, 1.82) is 0 Å². The number of ether oxygens (including phenoxy) is 2. The maximum Gasteiger partial charge on any atom is 0.252 e. The quantitative estimate of drug-likeness (QED) is 0.564. The summed E-state index contributed by atoms with van der Waals surface area (Å²) in [5, 5.41) is 5.80. The zero-order valence-electron chi connectivity index (χ0n) is 14.8. The first kappa shape index (κ1) is 19.3. The molecule has 1 aromatic heterocycles. The van der Waals surface area contributed by atoms with Gasteiger partial charge >= 0.3 is 0 Å². The molecule has 2 rings (SSSR count). The number of hydrogen-bond donors (Lipinski definition) is 4. The van der Waals surface area contributed by atoms with Gasteiger partial charge in [-0.3, -0.25) is 4.79 Å². The van der Waals surface area contributed by atoms with E-state index in [1.807, 2.05) is 0 Å². The molecule has 26 heavy (non-hydrogen) atoms. The number of carbonyl (C=O) groups is 1. The van der Waals surface area contributed by atoms with Crippen molar-refractivity contribution in [2.45, 2.75) is 13.0 Å². The van der Waals surface area contributed by atoms with E-state index < -0.39 is 11.7 Å². The molecule has 6 N–H and O–H groups in total. The molecular formula is C17H22FN5O3. The lowest BCUT2D eigenvalue weighted by atomic mass is 10.2. The van der Waals surface area contributed by atoms with E-state index in [1.54, 1.807) is 25.1 Å². The Hall–Kier alpha value is -3.07. The molecule has 0 radical (unpaired) electrons. The van der Waals surface area contributed by atoms with Gasteiger partial charge in [-0.05, 0) is 13.0 Å². The lowest BCUT2D eigenvalue weighted by Gasteiger charge is -2.16. The lowest BCUT2D eigenvalue weighted by Crippen LogP contribution is -2.26. The summed E-state index contributed by atoms with van der Waals surface area (Å²) in [6.07, 6.45) is 0. The van der Waals surface area contributed by atoms with Crippen molar-refractivity contribution in [3.05, 3.63) is 35.6 Å². The number of nitrogens with one attached hydrogen (secondary N) is 2. The van der Waals surface area contributed by atoms with Crippen LogP contribution in [-0.2, 0) is 0 Å². The van der Waals surface area contributed by atoms with Crippen molar-refractivity contribution in [3.63, 3.8) is 0 Å². The van der Waals surface area contributed by atoms with Crippen LogP contribution < -0.4 is 31.6 Å². The molecule has 1 atom stereocenters. The molecular weight excluding hydrogens is 341 g/mol. The topological polar surface area (TPSA) is 125 Å². The Bertz CT molecular complexity index is 778. The number of nitrogens with two attached hydrogens (primary N) is 2. The highest BCUT2D eigenvalue weighted by molar-refractivity contribution is 5.98. The third kappa shape index (κ3) is 4.51. The van der Waals surface area contributed by atoms with Crippen LogP contribution >= 0.6 is 0 Å². The zero-order valence-corrected chi connectivity index (χ0v) is 14.8. The Kier molecular flexibility index (Phi) is 6.18. The second-order valence-corrected chi connectivity index (χ2v) is 5.59. The summed E-state index contributed by atoms with van der Waals surface area (Å²) in [7, 11) is 3.03. The Morgan fingerprint density at radius 3 is 2.31 bits per heavy atom. The summed E-state index contributed by atoms with van der Waals surface area (Å²) in [5.74, 6) is -0.388. The normalized spacial score (nSPS) is 11.6. The number of benzene rings is 1. The number of amides is 1. The third-order valence-corrected chi connectivity index (χ3v) is 3.59. The molecule has 1 heterocycles. The number of hydrogen-bond acceptors (Lipinski definition) is 7. The standard InChI is InChI=1S/C17H22FN5O3/c1-9(8-19)21-17-14(18)7-13(15(20)24)16(23-17)22-10-4-11(25-2)6-12(5-10)26-3/h4-7,9H,8,19H2,1-3H3,(H2,20,24)(H2,21,22,23)/t9-/m1/s1. The Morgan fingerprint density at radius 2 is 1.81 bits per heavy atom. The molecule has 2 aromatic rings. The fourth-order valence-electron chi connectivity index (χ4n) is 2.18. The molecule has 9 heteroatoms. The lowest BCUT2D eigenvalue weighted by molar-refractivity contribution is 0.100. The highest BCUT2D eigenvalue weighted by Gasteiger charge is 2.17. The molecule has 0 saturated heterocycles. The molecule has 1 amide bonds. The summed E-state index contributed by atoms with van der Waals surface area (Å²) < 4.78 is 24.6. The van der Waals surface area contributed by atoms with Gasteiger partial charge in [-0.2, -0.15) is 0 Å². The predicted molar refractivity (Wildman–Crippen MR) is 97.7 cm³/mol. The van der Waals surface area contributed by atoms with E-state index in [0.717, 1.165) is 6.07 Å². The number of pyridine rings is 1. The summed E-state index contributed by atoms with van der Waals surface area (Å²) in [4.78, 5) is 15.8. The molecule has 0 unspecified atom stereocenters. The van der Waals surface area contributed by atoms with E-state index in [4.69, 9.17) is 20.9 Å². The van der Waals surface area contributed by atoms with Crippen LogP contribution in [0.2, 0.25) is 0 Å². The summed E-state index contributed by atoms with van der Waals surface area (Å²) in [6.45, 7) is 2.07. The van der Waals surface area contributed by atoms with Gasteiger partial charge in [0.1, 0.15) is 17.3 Å². The maximum absolute atomic E-state index is 14.2. The molecule has 0 bridgehead atoms. The molecule has 1 aromatic carbocycles. The largest absolute Gasteiger partial charge is 0.497 e. The highest BCUT2D eigenvalue weighted by atomic mass is 19.1. The summed E-state index contributed by atoms with van der Waals surface area (Å²) >= 11 is 0. The Labute approximate surface area is 150 Å². The van der Waals surface area contributed by atoms with E-state index in [9.17, 15) is 9.18 Å². The average Bonchev–Trinajstić information content (AvgIpc) is 2.63. The molecule has 8 nitrogen and oxygen atoms in total. The first-order chi connectivity index (χ1) is 12.4. The van der Waals surface area contributed by atoms with Crippen LogP contribution in [-0.4, -0.2) is 37.7 Å². The van der Waals surface area contributed by atoms with E-state index in [-0.39, 0.29) is 29.8 Å². The van der Waals surface area contributed by atoms with Gasteiger partial charge in [0.15, 0.2) is 11.6 Å². The van der Waals surface area contributed by atoms with Gasteiger partial charge in [0.25, 0.3) is 5.91 Å². The van der Waals surface area contributed by atoms with Crippen LogP contribution in [0.4, 0.5) is 21.7 Å². The van der Waals surface area contributed by atoms with Gasteiger partial charge in [0.2, 0.25) is 0 Å². The van der Waals surface area contributed by atoms with Gasteiger partial charge in [-0.25, -0.2) is 9.37 Å². The number of rotatable bonds is 8. The highest BCUT2D eigenvalue weighted by Crippen LogP contribution is 2.29. The van der Waals surface area contributed by atoms with Crippen LogP contribution in [0.3, 0.4) is 0 Å². The number of carbonyl (C=O) groups excluding carboxylic acids is 1. The van der Waals surface area contributed by atoms with Crippen molar-refractivity contribution in [3.8, 4) is 11.5 Å². The summed E-state index contributed by atoms with van der Waals surface area (Å²) in [5.41, 5.74) is 11.3. The maximum atomic E-state index is 14.2. The van der Waals surface area contributed by atoms with Gasteiger partial charge in [-0.15, -0.1) is 0 Å². The van der Waals surface area contributed by atoms with E-state index >= 15 is 0 Å². The van der Waals surface area contributed by atoms with Crippen LogP contribution in [0, 0.1) is 5.82 Å². The zero-order chi connectivity index (χ0) is 19.3. The molecule has 0 saturated carbocycles. The number of anilines is 3. The molecule has 0 fully saturated rings. The average molecular weight is 363 g/mol. The number of halogens is 1. The first-order valence-electron chi connectivity index (χ1n) is 7.85. The van der Waals surface area contributed by atoms with E-state index in [2.05, 4.69) is 15.6 Å². The molecule has 0 aliphatic carbocycles. The number of primary amides is 1. The van der Waals surface area contributed by atoms with Crippen molar-refractivity contribution < 1.29 is 18.7 Å². The minimum atomic E-state index is -0.813. The second kappa shape index (κ2) is 8.34. The fraction of sp³-hybridized carbons (Fsp3) is 0.294. The number of methoxy groups -OCH3 is 2. The Morgan fingerprint density at radius 1 is 1.19 bits per heavy atom. The minimum Gasteiger partial charge on any atom is -0.497 e. The van der Waals surface area contributed by atoms with Crippen molar-refractivity contribution in [2.24, 2.45) is 11.5 Å². The molecule has 140 valence electrons. The van der Waals surface area contributed by atoms with Crippen LogP contribution in [0.15, 0.2) is 24.3 Å². The SMILES string of the molecule is COc1cc(Nc2nc(N[C@H](C)CN)c(F)cc2C(N)=O)cc(OC)c1. The van der Waals surface area contributed by atoms with Crippen LogP contribution in [0.5, 0.6) is 11.5 Å². The minimum absolute atomic E-state index is 0.0367. The van der Waals surface area contributed by atoms with E-state index in [1.165, 1.54) is 14.2 Å². The number of aromatic nitrogens is 1. The second-order valence-electron chi connectivity index (χ2n) is 5.59. The summed E-state index contributed by atoms with van der Waals surface area (Å²) in [6, 6.07) is 5.86. The first-order valence-corrected chi connectivity index (χ1v) is 7.85. The van der Waals surface area contributed by atoms with Gasteiger partial charge in [0, 0.05) is 36.5 Å². The fourth-order valence-corrected chi connectivity index (χ4v) is 2.18. The predicted octanol–water partition coefficient (Wildman–Crippen LogP) is 1.84. The monoisotopic (exact) mass is 363 g/mol. The smallest absolute Gasteiger partial charge is 0.252 e. The van der Waals surface area contributed by atoms with Crippen molar-refractivity contribution in [2.75, 3.05) is 31.4 Å². The molecule has 0 aliphatic heterocycles. The van der Waals surface area contributed by atoms with Crippen LogP contribution in [0.1, 0.15) is 17.3 Å². The van der Waals surface area contributed by atoms with Crippen LogP contribution in [0.25, 0.3) is 0 Å². The molecule has 0 spiro atoms. The van der Waals surface area contributed by atoms with E-state index in [0.29, 0.717) is 17.2 Å². The van der Waals surface area contributed by atoms with Crippen molar-refractivity contribution >= 4 is 23.2 Å². The van der Waals surface area contributed by atoms with Gasteiger partial charge in [-0.1, -0.05) is 0 Å². The van der Waals surface area contributed by atoms with Crippen molar-refractivity contribution in [1.82, 2.24) is 4.98 Å². The van der Waals surface area contributed by atoms with Gasteiger partial charge in [0.05, 0.1) is 19.8 Å². The number of nitrogens with zero attached hydrogens (tertiary/aromatic N) is 1. The third-order valence-electron chi connectivity index (χ3n) is 3.59. The Balaban J connectivity index is 2.46. The van der Waals surface area contributed by atoms with Gasteiger partial charge < -0.3 is 31.6 Å². The molecule has 0 aliphatic rings.